The van der Waals surface area contributed by atoms with Gasteiger partial charge in [0.15, 0.2) is 0 Å². The van der Waals surface area contributed by atoms with Gasteiger partial charge in [-0.15, -0.1) is 0 Å². The summed E-state index contributed by atoms with van der Waals surface area (Å²) in [5.74, 6) is 0.998. The topological polar surface area (TPSA) is 55.2 Å². The number of nitro groups is 1. The Bertz CT molecular complexity index is 789. The number of hydrogen-bond acceptors (Lipinski definition) is 3. The molecule has 4 nitrogen and oxygen atoms in total. The first-order valence-electron chi connectivity index (χ1n) is 8.68. The highest BCUT2D eigenvalue weighted by Crippen LogP contribution is 2.53. The molecule has 0 saturated heterocycles. The number of para-hydroxylation sites is 1. The number of anilines is 1. The summed E-state index contributed by atoms with van der Waals surface area (Å²) in [4.78, 5) is 10.8. The smallest absolute Gasteiger partial charge is 0.269 e. The summed E-state index contributed by atoms with van der Waals surface area (Å²) >= 11 is 0. The molecule has 2 aromatic rings. The van der Waals surface area contributed by atoms with Crippen LogP contribution in [0.25, 0.3) is 0 Å². The van der Waals surface area contributed by atoms with E-state index in [-0.39, 0.29) is 16.0 Å². The molecule has 4 heteroatoms. The van der Waals surface area contributed by atoms with E-state index in [0.29, 0.717) is 11.8 Å². The fraction of sp³-hybridized carbons (Fsp3) is 0.400. The Kier molecular flexibility index (Phi) is 3.56. The summed E-state index contributed by atoms with van der Waals surface area (Å²) < 4.78 is 0. The van der Waals surface area contributed by atoms with Gasteiger partial charge in [0.25, 0.3) is 5.69 Å². The average Bonchev–Trinajstić information content (AvgIpc) is 2.97. The lowest BCUT2D eigenvalue weighted by molar-refractivity contribution is -0.384. The minimum atomic E-state index is -0.294. The Balaban J connectivity index is 1.70. The largest absolute Gasteiger partial charge is 0.384 e. The number of rotatable bonds is 2. The van der Waals surface area contributed by atoms with Crippen LogP contribution in [0.5, 0.6) is 0 Å². The first kappa shape index (κ1) is 15.2. The standard InChI is InChI=1S/C20H22N2O2/c1-14-9-10-16(15-5-4-6-17(11-15)22(23)24)12-20(14)13-21-19-8-3-2-7-18(19)20/h2-8,11,14,16,21H,9-10,12-13H2,1H3. The number of nitrogens with zero attached hydrogens (tertiary/aromatic N) is 1. The van der Waals surface area contributed by atoms with Crippen molar-refractivity contribution in [3.8, 4) is 0 Å². The lowest BCUT2D eigenvalue weighted by Gasteiger charge is -2.43. The second-order valence-electron chi connectivity index (χ2n) is 7.29. The lowest BCUT2D eigenvalue weighted by atomic mass is 9.60. The third-order valence-electron chi connectivity index (χ3n) is 6.11. The van der Waals surface area contributed by atoms with Gasteiger partial charge < -0.3 is 5.32 Å². The Morgan fingerprint density at radius 1 is 1.17 bits per heavy atom. The first-order valence-corrected chi connectivity index (χ1v) is 8.68. The molecule has 1 spiro atoms. The molecule has 1 saturated carbocycles. The highest BCUT2D eigenvalue weighted by Gasteiger charge is 2.47. The molecule has 0 radical (unpaired) electrons. The Morgan fingerprint density at radius 3 is 2.83 bits per heavy atom. The Hall–Kier alpha value is -2.36. The molecule has 24 heavy (non-hydrogen) atoms. The van der Waals surface area contributed by atoms with E-state index < -0.39 is 0 Å². The summed E-state index contributed by atoms with van der Waals surface area (Å²) in [7, 11) is 0. The van der Waals surface area contributed by atoms with Crippen LogP contribution in [0.3, 0.4) is 0 Å². The minimum Gasteiger partial charge on any atom is -0.384 e. The molecule has 4 rings (SSSR count). The minimum absolute atomic E-state index is 0.143. The molecular formula is C20H22N2O2. The molecule has 1 N–H and O–H groups in total. The van der Waals surface area contributed by atoms with Crippen molar-refractivity contribution >= 4 is 11.4 Å². The highest BCUT2D eigenvalue weighted by molar-refractivity contribution is 5.61. The molecule has 0 aromatic heterocycles. The number of nitro benzene ring substituents is 1. The normalized spacial score (nSPS) is 28.4. The van der Waals surface area contributed by atoms with Crippen LogP contribution < -0.4 is 5.32 Å². The second-order valence-corrected chi connectivity index (χ2v) is 7.29. The summed E-state index contributed by atoms with van der Waals surface area (Å²) in [5, 5.41) is 14.7. The van der Waals surface area contributed by atoms with Crippen molar-refractivity contribution in [3.05, 3.63) is 69.8 Å². The number of non-ortho nitro benzene ring substituents is 1. The summed E-state index contributed by atoms with van der Waals surface area (Å²) in [6.45, 7) is 3.33. The van der Waals surface area contributed by atoms with E-state index in [1.54, 1.807) is 12.1 Å². The maximum absolute atomic E-state index is 11.1. The number of hydrogen-bond donors (Lipinski definition) is 1. The van der Waals surface area contributed by atoms with Crippen LogP contribution in [0.2, 0.25) is 0 Å². The Labute approximate surface area is 142 Å². The van der Waals surface area contributed by atoms with E-state index in [4.69, 9.17) is 0 Å². The van der Waals surface area contributed by atoms with Crippen molar-refractivity contribution in [1.29, 1.82) is 0 Å². The zero-order chi connectivity index (χ0) is 16.7. The van der Waals surface area contributed by atoms with E-state index in [0.717, 1.165) is 31.4 Å². The van der Waals surface area contributed by atoms with Gasteiger partial charge in [-0.1, -0.05) is 37.3 Å². The molecule has 1 aliphatic heterocycles. The molecule has 3 atom stereocenters. The lowest BCUT2D eigenvalue weighted by Crippen LogP contribution is -2.41. The van der Waals surface area contributed by atoms with Gasteiger partial charge in [-0.25, -0.2) is 0 Å². The maximum Gasteiger partial charge on any atom is 0.269 e. The third-order valence-corrected chi connectivity index (χ3v) is 6.11. The van der Waals surface area contributed by atoms with Crippen molar-refractivity contribution in [1.82, 2.24) is 0 Å². The average molecular weight is 322 g/mol. The fourth-order valence-electron chi connectivity index (χ4n) is 4.69. The predicted molar refractivity (Wildman–Crippen MR) is 95.5 cm³/mol. The van der Waals surface area contributed by atoms with Gasteiger partial charge in [0, 0.05) is 29.8 Å². The molecule has 2 aliphatic rings. The molecule has 2 aromatic carbocycles. The maximum atomic E-state index is 11.1. The first-order chi connectivity index (χ1) is 11.6. The van der Waals surface area contributed by atoms with Crippen LogP contribution in [-0.2, 0) is 5.41 Å². The van der Waals surface area contributed by atoms with Gasteiger partial charge in [-0.3, -0.25) is 10.1 Å². The van der Waals surface area contributed by atoms with Crippen molar-refractivity contribution < 1.29 is 4.92 Å². The van der Waals surface area contributed by atoms with E-state index in [1.807, 2.05) is 6.07 Å². The van der Waals surface area contributed by atoms with Crippen molar-refractivity contribution in [2.24, 2.45) is 5.92 Å². The van der Waals surface area contributed by atoms with Crippen LogP contribution in [0.15, 0.2) is 48.5 Å². The van der Waals surface area contributed by atoms with E-state index in [1.165, 1.54) is 11.3 Å². The molecule has 1 aliphatic carbocycles. The van der Waals surface area contributed by atoms with E-state index >= 15 is 0 Å². The molecule has 0 bridgehead atoms. The van der Waals surface area contributed by atoms with Crippen molar-refractivity contribution in [3.63, 3.8) is 0 Å². The summed E-state index contributed by atoms with van der Waals surface area (Å²) in [6, 6.07) is 15.8. The molecular weight excluding hydrogens is 300 g/mol. The van der Waals surface area contributed by atoms with Crippen LogP contribution in [0.1, 0.15) is 43.2 Å². The Morgan fingerprint density at radius 2 is 2.00 bits per heavy atom. The zero-order valence-corrected chi connectivity index (χ0v) is 13.9. The monoisotopic (exact) mass is 322 g/mol. The van der Waals surface area contributed by atoms with Gasteiger partial charge in [-0.2, -0.15) is 0 Å². The SMILES string of the molecule is CC1CCC(c2cccc([N+](=O)[O-])c2)CC12CNc1ccccc12. The van der Waals surface area contributed by atoms with Gasteiger partial charge in [0.1, 0.15) is 0 Å². The molecule has 1 heterocycles. The molecule has 124 valence electrons. The number of benzene rings is 2. The van der Waals surface area contributed by atoms with Gasteiger partial charge in [-0.05, 0) is 48.3 Å². The highest BCUT2D eigenvalue weighted by atomic mass is 16.6. The van der Waals surface area contributed by atoms with Crippen LogP contribution in [0, 0.1) is 16.0 Å². The van der Waals surface area contributed by atoms with E-state index in [2.05, 4.69) is 42.6 Å². The fourth-order valence-corrected chi connectivity index (χ4v) is 4.69. The molecule has 1 fully saturated rings. The van der Waals surface area contributed by atoms with Gasteiger partial charge in [0.2, 0.25) is 0 Å². The van der Waals surface area contributed by atoms with Gasteiger partial charge in [0.05, 0.1) is 4.92 Å². The van der Waals surface area contributed by atoms with E-state index in [9.17, 15) is 10.1 Å². The molecule has 0 amide bonds. The zero-order valence-electron chi connectivity index (χ0n) is 13.9. The second kappa shape index (κ2) is 5.62. The summed E-state index contributed by atoms with van der Waals surface area (Å²) in [6.07, 6.45) is 3.31. The van der Waals surface area contributed by atoms with Crippen LogP contribution >= 0.6 is 0 Å². The van der Waals surface area contributed by atoms with Crippen LogP contribution in [0.4, 0.5) is 11.4 Å². The number of fused-ring (bicyclic) bond motifs is 2. The number of nitrogens with one attached hydrogen (secondary N) is 1. The third kappa shape index (κ3) is 2.29. The molecule has 3 unspecified atom stereocenters. The summed E-state index contributed by atoms with van der Waals surface area (Å²) in [5.41, 5.74) is 4.13. The predicted octanol–water partition coefficient (Wildman–Crippen LogP) is 4.86. The quantitative estimate of drug-likeness (QED) is 0.634. The van der Waals surface area contributed by atoms with Crippen molar-refractivity contribution in [2.75, 3.05) is 11.9 Å². The van der Waals surface area contributed by atoms with Crippen molar-refractivity contribution in [2.45, 2.75) is 37.5 Å². The van der Waals surface area contributed by atoms with Gasteiger partial charge >= 0.3 is 0 Å². The van der Waals surface area contributed by atoms with Crippen LogP contribution in [-0.4, -0.2) is 11.5 Å².